The Hall–Kier alpha value is -3.61. The molecule has 0 saturated carbocycles. The number of anilines is 1. The van der Waals surface area contributed by atoms with Gasteiger partial charge in [0.05, 0.1) is 13.5 Å². The minimum atomic E-state index is -0.502. The Balaban J connectivity index is 1.63. The van der Waals surface area contributed by atoms with Gasteiger partial charge < -0.3 is 20.4 Å². The molecule has 7 nitrogen and oxygen atoms in total. The number of hydrogen-bond acceptors (Lipinski definition) is 4. The summed E-state index contributed by atoms with van der Waals surface area (Å²) in [5.41, 5.74) is 4.01. The van der Waals surface area contributed by atoms with E-state index in [2.05, 4.69) is 53.3 Å². The number of nitrogens with one attached hydrogen (secondary N) is 3. The molecule has 7 heteroatoms. The van der Waals surface area contributed by atoms with Crippen molar-refractivity contribution in [2.75, 3.05) is 19.0 Å². The lowest BCUT2D eigenvalue weighted by Gasteiger charge is -2.18. The minimum absolute atomic E-state index is 0.0275. The van der Waals surface area contributed by atoms with Crippen molar-refractivity contribution in [2.45, 2.75) is 32.6 Å². The van der Waals surface area contributed by atoms with E-state index in [9.17, 15) is 14.4 Å². The largest absolute Gasteiger partial charge is 0.468 e. The summed E-state index contributed by atoms with van der Waals surface area (Å²) in [7, 11) is 1.26. The molecular formula is C24H27N3O4. The van der Waals surface area contributed by atoms with Crippen LogP contribution in [0.4, 0.5) is 5.69 Å². The molecule has 0 aliphatic carbocycles. The van der Waals surface area contributed by atoms with Gasteiger partial charge in [-0.2, -0.15) is 0 Å². The lowest BCUT2D eigenvalue weighted by Crippen LogP contribution is -2.31. The van der Waals surface area contributed by atoms with Crippen molar-refractivity contribution >= 4 is 34.4 Å². The van der Waals surface area contributed by atoms with Gasteiger partial charge in [-0.05, 0) is 40.8 Å². The normalized spacial score (nSPS) is 11.2. The third-order valence-corrected chi connectivity index (χ3v) is 4.97. The predicted octanol–water partition coefficient (Wildman–Crippen LogP) is 3.55. The van der Waals surface area contributed by atoms with Crippen molar-refractivity contribution in [1.29, 1.82) is 0 Å². The Morgan fingerprint density at radius 2 is 1.71 bits per heavy atom. The maximum absolute atomic E-state index is 12.7. The lowest BCUT2D eigenvalue weighted by molar-refractivity contribution is -0.141. The molecule has 0 aliphatic rings. The Bertz CT molecular complexity index is 1110. The summed E-state index contributed by atoms with van der Waals surface area (Å²) in [6, 6.07) is 15.0. The summed E-state index contributed by atoms with van der Waals surface area (Å²) in [6.07, 6.45) is 0.128. The van der Waals surface area contributed by atoms with Crippen molar-refractivity contribution in [3.05, 3.63) is 65.4 Å². The Kier molecular flexibility index (Phi) is 6.44. The Morgan fingerprint density at radius 3 is 2.35 bits per heavy atom. The first-order chi connectivity index (χ1) is 14.7. The second-order valence-corrected chi connectivity index (χ2v) is 8.42. The minimum Gasteiger partial charge on any atom is -0.468 e. The van der Waals surface area contributed by atoms with Crippen LogP contribution in [0.5, 0.6) is 0 Å². The van der Waals surface area contributed by atoms with Crippen LogP contribution < -0.4 is 10.6 Å². The summed E-state index contributed by atoms with van der Waals surface area (Å²) in [6.45, 7) is 6.29. The van der Waals surface area contributed by atoms with Gasteiger partial charge >= 0.3 is 5.97 Å². The van der Waals surface area contributed by atoms with Crippen LogP contribution in [-0.4, -0.2) is 36.4 Å². The molecule has 162 valence electrons. The molecule has 3 aromatic rings. The van der Waals surface area contributed by atoms with Gasteiger partial charge in [0.2, 0.25) is 5.91 Å². The van der Waals surface area contributed by atoms with Crippen LogP contribution in [0.15, 0.2) is 48.5 Å². The summed E-state index contributed by atoms with van der Waals surface area (Å²) in [5, 5.41) is 6.33. The number of aromatic amines is 1. The molecule has 0 radical (unpaired) electrons. The zero-order valence-corrected chi connectivity index (χ0v) is 18.2. The molecule has 0 unspecified atom stereocenters. The lowest BCUT2D eigenvalue weighted by atomic mass is 9.87. The number of carbonyl (C=O) groups excluding carboxylic acids is 3. The summed E-state index contributed by atoms with van der Waals surface area (Å²) in [4.78, 5) is 38.8. The number of amides is 2. The number of esters is 1. The smallest absolute Gasteiger partial charge is 0.325 e. The van der Waals surface area contributed by atoms with E-state index in [1.165, 1.54) is 12.7 Å². The molecule has 3 N–H and O–H groups in total. The maximum atomic E-state index is 12.7. The van der Waals surface area contributed by atoms with E-state index < -0.39 is 5.97 Å². The highest BCUT2D eigenvalue weighted by atomic mass is 16.5. The highest BCUT2D eigenvalue weighted by Crippen LogP contribution is 2.26. The monoisotopic (exact) mass is 421 g/mol. The molecule has 1 heterocycles. The molecule has 31 heavy (non-hydrogen) atoms. The number of benzene rings is 2. The number of methoxy groups -OCH3 is 1. The van der Waals surface area contributed by atoms with E-state index in [4.69, 9.17) is 0 Å². The van der Waals surface area contributed by atoms with Crippen LogP contribution in [-0.2, 0) is 26.2 Å². The average Bonchev–Trinajstić information content (AvgIpc) is 3.16. The van der Waals surface area contributed by atoms with Gasteiger partial charge in [-0.3, -0.25) is 14.4 Å². The van der Waals surface area contributed by atoms with Gasteiger partial charge in [0.15, 0.2) is 0 Å². The molecule has 0 bridgehead atoms. The molecule has 1 aromatic heterocycles. The standard InChI is InChI=1S/C24H27N3O4/c1-24(2,3)17-8-7-16-12-20(27-19(16)13-17)23(30)26-18-9-5-15(6-10-18)11-21(28)25-14-22(29)31-4/h5-10,12-13,27H,11,14H2,1-4H3,(H,25,28)(H,26,30). The quantitative estimate of drug-likeness (QED) is 0.530. The van der Waals surface area contributed by atoms with Crippen LogP contribution in [0.2, 0.25) is 0 Å². The van der Waals surface area contributed by atoms with Crippen LogP contribution >= 0.6 is 0 Å². The molecule has 0 atom stereocenters. The molecule has 3 rings (SSSR count). The molecule has 0 spiro atoms. The van der Waals surface area contributed by atoms with Crippen LogP contribution in [0.3, 0.4) is 0 Å². The van der Waals surface area contributed by atoms with E-state index in [0.29, 0.717) is 11.4 Å². The third kappa shape index (κ3) is 5.72. The van der Waals surface area contributed by atoms with Crippen molar-refractivity contribution in [3.8, 4) is 0 Å². The summed E-state index contributed by atoms with van der Waals surface area (Å²) < 4.78 is 4.48. The molecule has 2 amide bonds. The Labute approximate surface area is 181 Å². The van der Waals surface area contributed by atoms with Crippen LogP contribution in [0.1, 0.15) is 42.4 Å². The fourth-order valence-electron chi connectivity index (χ4n) is 3.11. The fourth-order valence-corrected chi connectivity index (χ4v) is 3.11. The molecular weight excluding hydrogens is 394 g/mol. The van der Waals surface area contributed by atoms with Crippen molar-refractivity contribution in [2.24, 2.45) is 0 Å². The van der Waals surface area contributed by atoms with Crippen LogP contribution in [0.25, 0.3) is 10.9 Å². The number of ether oxygens (including phenoxy) is 1. The molecule has 0 aliphatic heterocycles. The second-order valence-electron chi connectivity index (χ2n) is 8.42. The van der Waals surface area contributed by atoms with Crippen LogP contribution in [0, 0.1) is 0 Å². The molecule has 0 fully saturated rings. The van der Waals surface area contributed by atoms with Gasteiger partial charge in [0.1, 0.15) is 12.2 Å². The first kappa shape index (κ1) is 22.1. The van der Waals surface area contributed by atoms with E-state index in [-0.39, 0.29) is 30.2 Å². The Morgan fingerprint density at radius 1 is 1.00 bits per heavy atom. The van der Waals surface area contributed by atoms with E-state index >= 15 is 0 Å². The van der Waals surface area contributed by atoms with E-state index in [0.717, 1.165) is 16.5 Å². The number of hydrogen-bond donors (Lipinski definition) is 3. The topological polar surface area (TPSA) is 100 Å². The number of rotatable bonds is 6. The number of H-pyrrole nitrogens is 1. The first-order valence-corrected chi connectivity index (χ1v) is 10.0. The molecule has 0 saturated heterocycles. The number of carbonyl (C=O) groups is 3. The van der Waals surface area contributed by atoms with Crippen molar-refractivity contribution in [1.82, 2.24) is 10.3 Å². The highest BCUT2D eigenvalue weighted by Gasteiger charge is 2.16. The maximum Gasteiger partial charge on any atom is 0.325 e. The van der Waals surface area contributed by atoms with Gasteiger partial charge in [-0.1, -0.05) is 45.0 Å². The van der Waals surface area contributed by atoms with E-state index in [1.54, 1.807) is 24.3 Å². The summed E-state index contributed by atoms with van der Waals surface area (Å²) >= 11 is 0. The second kappa shape index (κ2) is 9.04. The average molecular weight is 421 g/mol. The van der Waals surface area contributed by atoms with Gasteiger partial charge in [0, 0.05) is 16.6 Å². The summed E-state index contributed by atoms with van der Waals surface area (Å²) in [5.74, 6) is -1.02. The SMILES string of the molecule is COC(=O)CNC(=O)Cc1ccc(NC(=O)c2cc3ccc(C(C)(C)C)cc3[nH]2)cc1. The van der Waals surface area contributed by atoms with Gasteiger partial charge in [0.25, 0.3) is 5.91 Å². The van der Waals surface area contributed by atoms with Crippen molar-refractivity contribution in [3.63, 3.8) is 0 Å². The number of aromatic nitrogens is 1. The van der Waals surface area contributed by atoms with Gasteiger partial charge in [-0.25, -0.2) is 0 Å². The highest BCUT2D eigenvalue weighted by molar-refractivity contribution is 6.06. The first-order valence-electron chi connectivity index (χ1n) is 10.0. The van der Waals surface area contributed by atoms with Crippen molar-refractivity contribution < 1.29 is 19.1 Å². The zero-order valence-electron chi connectivity index (χ0n) is 18.2. The zero-order chi connectivity index (χ0) is 22.6. The third-order valence-electron chi connectivity index (χ3n) is 4.97. The number of fused-ring (bicyclic) bond motifs is 1. The fraction of sp³-hybridized carbons (Fsp3) is 0.292. The van der Waals surface area contributed by atoms with E-state index in [1.807, 2.05) is 12.1 Å². The van der Waals surface area contributed by atoms with Gasteiger partial charge in [-0.15, -0.1) is 0 Å². The molecule has 2 aromatic carbocycles. The predicted molar refractivity (Wildman–Crippen MR) is 120 cm³/mol.